The number of hydrogen-bond donors (Lipinski definition) is 2. The van der Waals surface area contributed by atoms with Gasteiger partial charge in [-0.2, -0.15) is 0 Å². The van der Waals surface area contributed by atoms with Gasteiger partial charge >= 0.3 is 12.2 Å². The number of carbonyl (C=O) groups is 2. The normalized spacial score (nSPS) is 9.85. The van der Waals surface area contributed by atoms with Crippen LogP contribution in [-0.4, -0.2) is 12.2 Å². The third-order valence-electron chi connectivity index (χ3n) is 3.26. The quantitative estimate of drug-likeness (QED) is 0.702. The van der Waals surface area contributed by atoms with Crippen LogP contribution in [0.25, 0.3) is 0 Å². The van der Waals surface area contributed by atoms with Gasteiger partial charge in [-0.25, -0.2) is 9.59 Å². The molecule has 0 aliphatic heterocycles. The summed E-state index contributed by atoms with van der Waals surface area (Å²) in [5, 5.41) is 5.20. The number of hydrogen-bond acceptors (Lipinski definition) is 4. The summed E-state index contributed by atoms with van der Waals surface area (Å²) in [4.78, 5) is 23.8. The summed E-state index contributed by atoms with van der Waals surface area (Å²) in [6.07, 6.45) is -1.25. The van der Waals surface area contributed by atoms with E-state index in [1.807, 2.05) is 12.1 Å². The van der Waals surface area contributed by atoms with Crippen molar-refractivity contribution in [1.29, 1.82) is 0 Å². The molecular formula is C20H16N2O4. The van der Waals surface area contributed by atoms with E-state index in [9.17, 15) is 9.59 Å². The summed E-state index contributed by atoms with van der Waals surface area (Å²) in [6, 6.07) is 24.1. The Labute approximate surface area is 150 Å². The average Bonchev–Trinajstić information content (AvgIpc) is 2.63. The molecule has 6 heteroatoms. The van der Waals surface area contributed by atoms with Gasteiger partial charge in [0.2, 0.25) is 0 Å². The summed E-state index contributed by atoms with van der Waals surface area (Å²) < 4.78 is 10.3. The van der Waals surface area contributed by atoms with Crippen LogP contribution in [0.15, 0.2) is 84.9 Å². The highest BCUT2D eigenvalue weighted by Crippen LogP contribution is 2.17. The molecule has 2 amide bonds. The molecule has 0 saturated carbocycles. The van der Waals surface area contributed by atoms with Gasteiger partial charge in [-0.05, 0) is 42.5 Å². The third-order valence-corrected chi connectivity index (χ3v) is 3.26. The van der Waals surface area contributed by atoms with Gasteiger partial charge in [0, 0.05) is 11.4 Å². The van der Waals surface area contributed by atoms with E-state index in [2.05, 4.69) is 10.6 Å². The Balaban J connectivity index is 1.57. The first kappa shape index (κ1) is 17.0. The van der Waals surface area contributed by atoms with E-state index in [0.717, 1.165) is 0 Å². The number of anilines is 2. The Morgan fingerprint density at radius 3 is 1.42 bits per heavy atom. The molecule has 0 atom stereocenters. The molecule has 0 heterocycles. The van der Waals surface area contributed by atoms with Crippen LogP contribution in [0.3, 0.4) is 0 Å². The van der Waals surface area contributed by atoms with E-state index < -0.39 is 12.2 Å². The van der Waals surface area contributed by atoms with Crippen LogP contribution in [-0.2, 0) is 0 Å². The van der Waals surface area contributed by atoms with Gasteiger partial charge in [0.1, 0.15) is 11.5 Å². The van der Waals surface area contributed by atoms with Crippen LogP contribution in [0.5, 0.6) is 11.5 Å². The molecule has 130 valence electrons. The number of rotatable bonds is 4. The fourth-order valence-electron chi connectivity index (χ4n) is 2.15. The molecule has 2 N–H and O–H groups in total. The molecule has 3 aromatic carbocycles. The van der Waals surface area contributed by atoms with Crippen molar-refractivity contribution in [3.8, 4) is 11.5 Å². The van der Waals surface area contributed by atoms with Crippen molar-refractivity contribution in [2.24, 2.45) is 0 Å². The minimum absolute atomic E-state index is 0.436. The SMILES string of the molecule is O=C(Nc1cccc(NC(=O)Oc2ccccc2)c1)Oc1ccccc1. The van der Waals surface area contributed by atoms with Gasteiger partial charge < -0.3 is 9.47 Å². The predicted molar refractivity (Wildman–Crippen MR) is 98.6 cm³/mol. The Hall–Kier alpha value is -3.80. The number of ether oxygens (including phenoxy) is 2. The molecule has 6 nitrogen and oxygen atoms in total. The van der Waals surface area contributed by atoms with E-state index in [4.69, 9.17) is 9.47 Å². The second kappa shape index (κ2) is 8.34. The van der Waals surface area contributed by atoms with E-state index in [-0.39, 0.29) is 0 Å². The van der Waals surface area contributed by atoms with E-state index in [0.29, 0.717) is 22.9 Å². The molecule has 0 radical (unpaired) electrons. The second-order valence-corrected chi connectivity index (χ2v) is 5.24. The summed E-state index contributed by atoms with van der Waals surface area (Å²) in [5.41, 5.74) is 0.951. The number of para-hydroxylation sites is 2. The standard InChI is InChI=1S/C20H16N2O4/c23-19(25-17-10-3-1-4-11-17)21-15-8-7-9-16(14-15)22-20(24)26-18-12-5-2-6-13-18/h1-14H,(H,21,23)(H,22,24). The average molecular weight is 348 g/mol. The first-order chi connectivity index (χ1) is 12.7. The lowest BCUT2D eigenvalue weighted by molar-refractivity contribution is 0.214. The zero-order chi connectivity index (χ0) is 18.2. The van der Waals surface area contributed by atoms with Crippen LogP contribution in [0.4, 0.5) is 21.0 Å². The Bertz CT molecular complexity index is 812. The zero-order valence-electron chi connectivity index (χ0n) is 13.7. The maximum absolute atomic E-state index is 11.9. The van der Waals surface area contributed by atoms with E-state index in [1.165, 1.54) is 0 Å². The van der Waals surface area contributed by atoms with Gasteiger partial charge in [-0.15, -0.1) is 0 Å². The lowest BCUT2D eigenvalue weighted by Gasteiger charge is -2.09. The molecule has 3 aromatic rings. The smallest absolute Gasteiger partial charge is 0.410 e. The molecule has 0 bridgehead atoms. The second-order valence-electron chi connectivity index (χ2n) is 5.24. The summed E-state index contributed by atoms with van der Waals surface area (Å²) in [7, 11) is 0. The fourth-order valence-corrected chi connectivity index (χ4v) is 2.15. The lowest BCUT2D eigenvalue weighted by atomic mass is 10.3. The van der Waals surface area contributed by atoms with E-state index >= 15 is 0 Å². The van der Waals surface area contributed by atoms with Crippen LogP contribution < -0.4 is 20.1 Å². The number of amides is 2. The summed E-state index contributed by atoms with van der Waals surface area (Å²) in [5.74, 6) is 0.872. The van der Waals surface area contributed by atoms with Crippen molar-refractivity contribution in [2.45, 2.75) is 0 Å². The number of nitrogens with one attached hydrogen (secondary N) is 2. The Morgan fingerprint density at radius 2 is 1.00 bits per heavy atom. The number of benzene rings is 3. The maximum Gasteiger partial charge on any atom is 0.417 e. The highest BCUT2D eigenvalue weighted by molar-refractivity contribution is 5.90. The third kappa shape index (κ3) is 5.10. The first-order valence-corrected chi connectivity index (χ1v) is 7.87. The van der Waals surface area contributed by atoms with Crippen molar-refractivity contribution in [1.82, 2.24) is 0 Å². The van der Waals surface area contributed by atoms with Gasteiger partial charge in [-0.3, -0.25) is 10.6 Å². The first-order valence-electron chi connectivity index (χ1n) is 7.87. The molecule has 0 aliphatic rings. The maximum atomic E-state index is 11.9. The highest BCUT2D eigenvalue weighted by atomic mass is 16.6. The van der Waals surface area contributed by atoms with Gasteiger partial charge in [0.25, 0.3) is 0 Å². The molecule has 0 unspecified atom stereocenters. The molecule has 26 heavy (non-hydrogen) atoms. The predicted octanol–water partition coefficient (Wildman–Crippen LogP) is 4.91. The van der Waals surface area contributed by atoms with Crippen molar-refractivity contribution in [2.75, 3.05) is 10.6 Å². The molecule has 0 aliphatic carbocycles. The molecule has 0 spiro atoms. The van der Waals surface area contributed by atoms with Crippen LogP contribution in [0, 0.1) is 0 Å². The van der Waals surface area contributed by atoms with Gasteiger partial charge in [0.15, 0.2) is 0 Å². The van der Waals surface area contributed by atoms with Crippen LogP contribution in [0.2, 0.25) is 0 Å². The summed E-state index contributed by atoms with van der Waals surface area (Å²) in [6.45, 7) is 0. The fraction of sp³-hybridized carbons (Fsp3) is 0. The van der Waals surface area contributed by atoms with Crippen molar-refractivity contribution in [3.05, 3.63) is 84.9 Å². The van der Waals surface area contributed by atoms with Crippen molar-refractivity contribution >= 4 is 23.6 Å². The largest absolute Gasteiger partial charge is 0.417 e. The molecular weight excluding hydrogens is 332 g/mol. The Kier molecular flexibility index (Phi) is 5.47. The van der Waals surface area contributed by atoms with Crippen molar-refractivity contribution in [3.63, 3.8) is 0 Å². The van der Waals surface area contributed by atoms with Gasteiger partial charge in [-0.1, -0.05) is 42.5 Å². The zero-order valence-corrected chi connectivity index (χ0v) is 13.7. The molecule has 3 rings (SSSR count). The molecule has 0 aromatic heterocycles. The lowest BCUT2D eigenvalue weighted by Crippen LogP contribution is -2.18. The minimum atomic E-state index is -0.625. The van der Waals surface area contributed by atoms with Crippen LogP contribution in [0.1, 0.15) is 0 Å². The van der Waals surface area contributed by atoms with E-state index in [1.54, 1.807) is 72.8 Å². The van der Waals surface area contributed by atoms with Crippen molar-refractivity contribution < 1.29 is 19.1 Å². The highest BCUT2D eigenvalue weighted by Gasteiger charge is 2.08. The molecule has 0 saturated heterocycles. The summed E-state index contributed by atoms with van der Waals surface area (Å²) >= 11 is 0. The minimum Gasteiger partial charge on any atom is -0.410 e. The number of carbonyl (C=O) groups excluding carboxylic acids is 2. The molecule has 0 fully saturated rings. The monoisotopic (exact) mass is 348 g/mol. The van der Waals surface area contributed by atoms with Gasteiger partial charge in [0.05, 0.1) is 0 Å². The topological polar surface area (TPSA) is 76.7 Å². The van der Waals surface area contributed by atoms with Crippen LogP contribution >= 0.6 is 0 Å². The Morgan fingerprint density at radius 1 is 0.577 bits per heavy atom.